The monoisotopic (exact) mass is 342 g/mol. The van der Waals surface area contributed by atoms with Crippen molar-refractivity contribution < 1.29 is 0 Å². The molecule has 2 N–H and O–H groups in total. The summed E-state index contributed by atoms with van der Waals surface area (Å²) < 4.78 is 1.19. The number of halogens is 1. The van der Waals surface area contributed by atoms with Crippen LogP contribution in [0.2, 0.25) is 0 Å². The van der Waals surface area contributed by atoms with E-state index < -0.39 is 0 Å². The fourth-order valence-corrected chi connectivity index (χ4v) is 5.48. The molecule has 2 nitrogen and oxygen atoms in total. The van der Waals surface area contributed by atoms with Crippen LogP contribution < -0.4 is 5.73 Å². The first-order valence-corrected chi connectivity index (χ1v) is 9.08. The van der Waals surface area contributed by atoms with Crippen LogP contribution in [-0.2, 0) is 0 Å². The average Bonchev–Trinajstić information content (AvgIpc) is 3.03. The summed E-state index contributed by atoms with van der Waals surface area (Å²) >= 11 is 5.38. The highest BCUT2D eigenvalue weighted by Gasteiger charge is 2.38. The van der Waals surface area contributed by atoms with Crippen LogP contribution in [0.3, 0.4) is 0 Å². The second-order valence-corrected chi connectivity index (χ2v) is 8.02. The molecule has 1 unspecified atom stereocenters. The summed E-state index contributed by atoms with van der Waals surface area (Å²) in [4.78, 5) is 4.03. The first-order chi connectivity index (χ1) is 9.22. The quantitative estimate of drug-likeness (QED) is 0.893. The molecule has 1 aliphatic carbocycles. The fourth-order valence-electron chi connectivity index (χ4n) is 3.88. The SMILES string of the molecule is NCC(c1cc(Br)cs1)N1CCC2(CCCC2)CC1. The van der Waals surface area contributed by atoms with E-state index >= 15 is 0 Å². The molecule has 4 heteroatoms. The van der Waals surface area contributed by atoms with E-state index in [4.69, 9.17) is 5.73 Å². The van der Waals surface area contributed by atoms with Crippen LogP contribution in [0.15, 0.2) is 15.9 Å². The summed E-state index contributed by atoms with van der Waals surface area (Å²) in [5.74, 6) is 0. The van der Waals surface area contributed by atoms with Crippen LogP contribution in [0.5, 0.6) is 0 Å². The fraction of sp³-hybridized carbons (Fsp3) is 0.733. The molecule has 0 radical (unpaired) electrons. The third kappa shape index (κ3) is 2.92. The lowest BCUT2D eigenvalue weighted by Crippen LogP contribution is -2.42. The van der Waals surface area contributed by atoms with Crippen molar-refractivity contribution in [2.24, 2.45) is 11.1 Å². The van der Waals surface area contributed by atoms with Gasteiger partial charge in [-0.2, -0.15) is 0 Å². The maximum Gasteiger partial charge on any atom is 0.0564 e. The second-order valence-electron chi connectivity index (χ2n) is 6.16. The number of hydrogen-bond donors (Lipinski definition) is 1. The number of nitrogens with zero attached hydrogens (tertiary/aromatic N) is 1. The Balaban J connectivity index is 1.66. The molecule has 1 saturated heterocycles. The molecular formula is C15H23BrN2S. The Kier molecular flexibility index (Phi) is 4.32. The molecule has 0 aromatic carbocycles. The maximum atomic E-state index is 6.04. The summed E-state index contributed by atoms with van der Waals surface area (Å²) in [5.41, 5.74) is 6.74. The van der Waals surface area contributed by atoms with E-state index in [-0.39, 0.29) is 0 Å². The van der Waals surface area contributed by atoms with Gasteiger partial charge >= 0.3 is 0 Å². The smallest absolute Gasteiger partial charge is 0.0564 e. The molecule has 2 heterocycles. The van der Waals surface area contributed by atoms with E-state index in [2.05, 4.69) is 32.3 Å². The van der Waals surface area contributed by atoms with Crippen molar-refractivity contribution in [1.82, 2.24) is 4.90 Å². The van der Waals surface area contributed by atoms with Gasteiger partial charge in [0.2, 0.25) is 0 Å². The lowest BCUT2D eigenvalue weighted by atomic mass is 9.77. The molecule has 19 heavy (non-hydrogen) atoms. The minimum Gasteiger partial charge on any atom is -0.329 e. The molecule has 2 fully saturated rings. The molecule has 1 aliphatic heterocycles. The minimum absolute atomic E-state index is 0.426. The molecule has 0 amide bonds. The van der Waals surface area contributed by atoms with Crippen molar-refractivity contribution >= 4 is 27.3 Å². The highest BCUT2D eigenvalue weighted by molar-refractivity contribution is 9.10. The standard InChI is InChI=1S/C15H23BrN2S/c16-12-9-14(19-11-12)13(10-17)18-7-5-15(6-8-18)3-1-2-4-15/h9,11,13H,1-8,10,17H2. The van der Waals surface area contributed by atoms with E-state index in [1.165, 1.54) is 61.0 Å². The first-order valence-electron chi connectivity index (χ1n) is 7.40. The van der Waals surface area contributed by atoms with Crippen molar-refractivity contribution in [3.63, 3.8) is 0 Å². The number of rotatable bonds is 3. The van der Waals surface area contributed by atoms with Gasteiger partial charge in [0.25, 0.3) is 0 Å². The highest BCUT2D eigenvalue weighted by atomic mass is 79.9. The highest BCUT2D eigenvalue weighted by Crippen LogP contribution is 2.47. The predicted octanol–water partition coefficient (Wildman–Crippen LogP) is 4.17. The molecule has 1 aromatic heterocycles. The van der Waals surface area contributed by atoms with Gasteiger partial charge in [-0.3, -0.25) is 4.90 Å². The van der Waals surface area contributed by atoms with E-state index in [1.807, 2.05) is 11.3 Å². The summed E-state index contributed by atoms with van der Waals surface area (Å²) in [6, 6.07) is 2.66. The Labute approximate surface area is 128 Å². The van der Waals surface area contributed by atoms with Gasteiger partial charge in [0.15, 0.2) is 0 Å². The number of thiophene rings is 1. The zero-order valence-corrected chi connectivity index (χ0v) is 13.8. The van der Waals surface area contributed by atoms with E-state index in [0.29, 0.717) is 11.5 Å². The number of nitrogens with two attached hydrogens (primary N) is 1. The third-order valence-electron chi connectivity index (χ3n) is 5.10. The summed E-state index contributed by atoms with van der Waals surface area (Å²) in [6.07, 6.45) is 8.62. The van der Waals surface area contributed by atoms with E-state index in [1.54, 1.807) is 0 Å². The minimum atomic E-state index is 0.426. The van der Waals surface area contributed by atoms with Crippen molar-refractivity contribution in [1.29, 1.82) is 0 Å². The topological polar surface area (TPSA) is 29.3 Å². The number of piperidine rings is 1. The lowest BCUT2D eigenvalue weighted by molar-refractivity contribution is 0.0791. The van der Waals surface area contributed by atoms with E-state index in [0.717, 1.165) is 6.54 Å². The van der Waals surface area contributed by atoms with Gasteiger partial charge in [-0.25, -0.2) is 0 Å². The second kappa shape index (κ2) is 5.84. The van der Waals surface area contributed by atoms with Crippen molar-refractivity contribution in [3.05, 3.63) is 20.8 Å². The molecule has 0 bridgehead atoms. The molecule has 1 spiro atoms. The zero-order chi connectivity index (χ0) is 13.3. The van der Waals surface area contributed by atoms with Crippen LogP contribution in [0, 0.1) is 5.41 Å². The molecule has 1 aromatic rings. The largest absolute Gasteiger partial charge is 0.329 e. The van der Waals surface area contributed by atoms with Crippen LogP contribution in [-0.4, -0.2) is 24.5 Å². The summed E-state index contributed by atoms with van der Waals surface area (Å²) in [7, 11) is 0. The van der Waals surface area contributed by atoms with Crippen molar-refractivity contribution in [2.75, 3.05) is 19.6 Å². The van der Waals surface area contributed by atoms with Crippen LogP contribution in [0.1, 0.15) is 49.4 Å². The summed E-state index contributed by atoms with van der Waals surface area (Å²) in [5, 5.41) is 2.17. The Morgan fingerprint density at radius 2 is 1.95 bits per heavy atom. The van der Waals surface area contributed by atoms with Gasteiger partial charge in [0, 0.05) is 21.3 Å². The van der Waals surface area contributed by atoms with Gasteiger partial charge in [0.1, 0.15) is 0 Å². The Hall–Kier alpha value is 0.1000. The molecule has 1 saturated carbocycles. The van der Waals surface area contributed by atoms with Gasteiger partial charge in [-0.05, 0) is 66.2 Å². The van der Waals surface area contributed by atoms with Crippen LogP contribution >= 0.6 is 27.3 Å². The average molecular weight is 343 g/mol. The van der Waals surface area contributed by atoms with Gasteiger partial charge in [0.05, 0.1) is 6.04 Å². The Morgan fingerprint density at radius 1 is 1.26 bits per heavy atom. The van der Waals surface area contributed by atoms with Gasteiger partial charge in [-0.15, -0.1) is 11.3 Å². The predicted molar refractivity (Wildman–Crippen MR) is 85.5 cm³/mol. The van der Waals surface area contributed by atoms with Gasteiger partial charge < -0.3 is 5.73 Å². The lowest BCUT2D eigenvalue weighted by Gasteiger charge is -2.42. The van der Waals surface area contributed by atoms with E-state index in [9.17, 15) is 0 Å². The number of hydrogen-bond acceptors (Lipinski definition) is 3. The van der Waals surface area contributed by atoms with Crippen LogP contribution in [0.4, 0.5) is 0 Å². The maximum absolute atomic E-state index is 6.04. The molecule has 106 valence electrons. The van der Waals surface area contributed by atoms with Crippen molar-refractivity contribution in [3.8, 4) is 0 Å². The normalized spacial score (nSPS) is 24.9. The molecule has 1 atom stereocenters. The van der Waals surface area contributed by atoms with Crippen molar-refractivity contribution in [2.45, 2.75) is 44.6 Å². The molecule has 3 rings (SSSR count). The molecule has 2 aliphatic rings. The number of likely N-dealkylation sites (tertiary alicyclic amines) is 1. The van der Waals surface area contributed by atoms with Gasteiger partial charge in [-0.1, -0.05) is 12.8 Å². The first kappa shape index (κ1) is 14.1. The third-order valence-corrected chi connectivity index (χ3v) is 6.90. The summed E-state index contributed by atoms with van der Waals surface area (Å²) in [6.45, 7) is 3.20. The Morgan fingerprint density at radius 3 is 2.47 bits per heavy atom. The zero-order valence-electron chi connectivity index (χ0n) is 11.4. The Bertz CT molecular complexity index is 416. The van der Waals surface area contributed by atoms with Crippen LogP contribution in [0.25, 0.3) is 0 Å². The molecular weight excluding hydrogens is 320 g/mol.